The van der Waals surface area contributed by atoms with Crippen molar-refractivity contribution in [1.82, 2.24) is 0 Å². The van der Waals surface area contributed by atoms with Gasteiger partial charge in [0.1, 0.15) is 17.1 Å². The Morgan fingerprint density at radius 3 is 2.52 bits per heavy atom. The Bertz CT molecular complexity index is 1210. The Labute approximate surface area is 153 Å². The number of fused-ring (bicyclic) bond motifs is 1. The van der Waals surface area contributed by atoms with Gasteiger partial charge in [0.05, 0.1) is 12.0 Å². The van der Waals surface area contributed by atoms with Crippen LogP contribution in [0.2, 0.25) is 0 Å². The van der Waals surface area contributed by atoms with Crippen molar-refractivity contribution in [2.24, 2.45) is 0 Å². The predicted octanol–water partition coefficient (Wildman–Crippen LogP) is 2.79. The summed E-state index contributed by atoms with van der Waals surface area (Å²) in [6.45, 7) is 1.71. The number of rotatable bonds is 5. The molecule has 0 amide bonds. The van der Waals surface area contributed by atoms with E-state index < -0.39 is 31.2 Å². The summed E-state index contributed by atoms with van der Waals surface area (Å²) in [6, 6.07) is 8.63. The number of hydrogen-bond acceptors (Lipinski definition) is 8. The number of nitrogens with zero attached hydrogens (tertiary/aromatic N) is 1. The summed E-state index contributed by atoms with van der Waals surface area (Å²) in [5, 5.41) is 11.6. The van der Waals surface area contributed by atoms with Crippen LogP contribution in [0.15, 0.2) is 56.6 Å². The van der Waals surface area contributed by atoms with Crippen LogP contribution >= 0.6 is 0 Å². The fourth-order valence-electron chi connectivity index (χ4n) is 2.50. The Morgan fingerprint density at radius 1 is 1.11 bits per heavy atom. The van der Waals surface area contributed by atoms with Crippen molar-refractivity contribution in [3.05, 3.63) is 68.6 Å². The van der Waals surface area contributed by atoms with E-state index >= 15 is 0 Å². The second-order valence-corrected chi connectivity index (χ2v) is 7.05. The number of non-ortho nitro benzene ring substituents is 1. The molecule has 27 heavy (non-hydrogen) atoms. The molecular formula is C17H13NO8S. The van der Waals surface area contributed by atoms with Crippen LogP contribution in [0.25, 0.3) is 11.0 Å². The van der Waals surface area contributed by atoms with E-state index in [4.69, 9.17) is 13.3 Å². The third-order valence-electron chi connectivity index (χ3n) is 3.76. The lowest BCUT2D eigenvalue weighted by atomic mass is 10.1. The molecular weight excluding hydrogens is 378 g/mol. The van der Waals surface area contributed by atoms with Gasteiger partial charge in [-0.2, -0.15) is 8.42 Å². The maximum Gasteiger partial charge on any atom is 0.343 e. The number of benzene rings is 2. The summed E-state index contributed by atoms with van der Waals surface area (Å²) in [5.41, 5.74) is -0.201. The van der Waals surface area contributed by atoms with Gasteiger partial charge < -0.3 is 13.3 Å². The Hall–Kier alpha value is -3.40. The second kappa shape index (κ2) is 6.72. The van der Waals surface area contributed by atoms with E-state index in [1.807, 2.05) is 0 Å². The molecule has 1 aromatic heterocycles. The zero-order chi connectivity index (χ0) is 19.8. The summed E-state index contributed by atoms with van der Waals surface area (Å²) >= 11 is 0. The summed E-state index contributed by atoms with van der Waals surface area (Å²) < 4.78 is 40.3. The van der Waals surface area contributed by atoms with Gasteiger partial charge in [-0.05, 0) is 30.7 Å². The average molecular weight is 391 g/mol. The number of nitro groups is 1. The minimum atomic E-state index is -4.45. The zero-order valence-electron chi connectivity index (χ0n) is 14.2. The SMILES string of the molecule is COc1ccc([N+](=O)[O-])cc1S(=O)(=O)Oc1ccc2c(C)cc(=O)oc2c1. The number of nitro benzene ring substituents is 1. The first-order chi connectivity index (χ1) is 12.7. The molecule has 0 spiro atoms. The quantitative estimate of drug-likeness (QED) is 0.281. The van der Waals surface area contributed by atoms with Crippen molar-refractivity contribution in [3.8, 4) is 11.5 Å². The van der Waals surface area contributed by atoms with Gasteiger partial charge in [-0.15, -0.1) is 0 Å². The Kier molecular flexibility index (Phi) is 4.58. The van der Waals surface area contributed by atoms with E-state index in [0.29, 0.717) is 10.9 Å². The molecule has 0 radical (unpaired) electrons. The first-order valence-electron chi connectivity index (χ1n) is 7.53. The van der Waals surface area contributed by atoms with Gasteiger partial charge in [-0.25, -0.2) is 4.79 Å². The third kappa shape index (κ3) is 3.60. The van der Waals surface area contributed by atoms with E-state index in [9.17, 15) is 23.3 Å². The zero-order valence-corrected chi connectivity index (χ0v) is 15.0. The molecule has 3 aromatic rings. The van der Waals surface area contributed by atoms with Gasteiger partial charge >= 0.3 is 15.7 Å². The van der Waals surface area contributed by atoms with Gasteiger partial charge in [0.2, 0.25) is 0 Å². The number of ether oxygens (including phenoxy) is 1. The van der Waals surface area contributed by atoms with E-state index in [2.05, 4.69) is 0 Å². The maximum atomic E-state index is 12.6. The van der Waals surface area contributed by atoms with Crippen LogP contribution in [0.3, 0.4) is 0 Å². The monoisotopic (exact) mass is 391 g/mol. The molecule has 0 saturated heterocycles. The molecule has 0 fully saturated rings. The summed E-state index contributed by atoms with van der Waals surface area (Å²) in [5.74, 6) is -0.228. The lowest BCUT2D eigenvalue weighted by molar-refractivity contribution is -0.385. The van der Waals surface area contributed by atoms with Crippen LogP contribution in [0, 0.1) is 17.0 Å². The van der Waals surface area contributed by atoms with Crippen LogP contribution < -0.4 is 14.5 Å². The van der Waals surface area contributed by atoms with E-state index in [1.54, 1.807) is 13.0 Å². The Morgan fingerprint density at radius 2 is 1.85 bits per heavy atom. The smallest absolute Gasteiger partial charge is 0.343 e. The number of hydrogen-bond donors (Lipinski definition) is 0. The molecule has 0 aliphatic rings. The van der Waals surface area contributed by atoms with E-state index in [0.717, 1.165) is 18.2 Å². The molecule has 0 unspecified atom stereocenters. The highest BCUT2D eigenvalue weighted by Gasteiger charge is 2.25. The standard InChI is InChI=1S/C17H13NO8S/c1-10-7-17(19)25-15-9-12(4-5-13(10)15)26-27(22,23)16-8-11(18(20)21)3-6-14(16)24-2/h3-9H,1-2H3. The fraction of sp³-hybridized carbons (Fsp3) is 0.118. The summed E-state index contributed by atoms with van der Waals surface area (Å²) in [7, 11) is -3.22. The van der Waals surface area contributed by atoms with E-state index in [-0.39, 0.29) is 17.1 Å². The van der Waals surface area contributed by atoms with Crippen LogP contribution in [-0.2, 0) is 10.1 Å². The molecule has 0 N–H and O–H groups in total. The van der Waals surface area contributed by atoms with Crippen LogP contribution in [0.4, 0.5) is 5.69 Å². The number of methoxy groups -OCH3 is 1. The minimum absolute atomic E-state index is 0.108. The van der Waals surface area contributed by atoms with Crippen LogP contribution in [-0.4, -0.2) is 20.5 Å². The molecule has 10 heteroatoms. The molecule has 1 heterocycles. The van der Waals surface area contributed by atoms with E-state index in [1.165, 1.54) is 25.3 Å². The van der Waals surface area contributed by atoms with Crippen molar-refractivity contribution in [2.45, 2.75) is 11.8 Å². The van der Waals surface area contributed by atoms with Gasteiger partial charge in [-0.3, -0.25) is 10.1 Å². The van der Waals surface area contributed by atoms with Crippen molar-refractivity contribution in [1.29, 1.82) is 0 Å². The highest BCUT2D eigenvalue weighted by atomic mass is 32.2. The fourth-order valence-corrected chi connectivity index (χ4v) is 3.61. The van der Waals surface area contributed by atoms with Gasteiger partial charge in [-0.1, -0.05) is 0 Å². The average Bonchev–Trinajstić information content (AvgIpc) is 2.60. The van der Waals surface area contributed by atoms with Gasteiger partial charge in [0.15, 0.2) is 4.90 Å². The molecule has 0 aliphatic carbocycles. The number of aryl methyl sites for hydroxylation is 1. The molecule has 0 atom stereocenters. The highest BCUT2D eigenvalue weighted by Crippen LogP contribution is 2.31. The predicted molar refractivity (Wildman–Crippen MR) is 94.7 cm³/mol. The molecule has 0 saturated carbocycles. The van der Waals surface area contributed by atoms with Gasteiger partial charge in [0.25, 0.3) is 5.69 Å². The van der Waals surface area contributed by atoms with Crippen molar-refractivity contribution >= 4 is 26.8 Å². The van der Waals surface area contributed by atoms with Crippen molar-refractivity contribution < 1.29 is 26.7 Å². The largest absolute Gasteiger partial charge is 0.495 e. The normalized spacial score (nSPS) is 11.3. The second-order valence-electron chi connectivity index (χ2n) is 5.54. The molecule has 9 nitrogen and oxygen atoms in total. The van der Waals surface area contributed by atoms with Crippen LogP contribution in [0.5, 0.6) is 11.5 Å². The summed E-state index contributed by atoms with van der Waals surface area (Å²) in [4.78, 5) is 21.2. The minimum Gasteiger partial charge on any atom is -0.495 e. The maximum absolute atomic E-state index is 12.6. The lowest BCUT2D eigenvalue weighted by Gasteiger charge is -2.11. The lowest BCUT2D eigenvalue weighted by Crippen LogP contribution is -2.11. The van der Waals surface area contributed by atoms with Crippen molar-refractivity contribution in [2.75, 3.05) is 7.11 Å². The first kappa shape index (κ1) is 18.4. The Balaban J connectivity index is 2.07. The third-order valence-corrected chi connectivity index (χ3v) is 5.03. The molecule has 3 rings (SSSR count). The molecule has 0 aliphatic heterocycles. The van der Waals surface area contributed by atoms with Gasteiger partial charge in [0, 0.05) is 29.7 Å². The topological polar surface area (TPSA) is 126 Å². The van der Waals surface area contributed by atoms with Crippen molar-refractivity contribution in [3.63, 3.8) is 0 Å². The first-order valence-corrected chi connectivity index (χ1v) is 8.93. The summed E-state index contributed by atoms with van der Waals surface area (Å²) in [6.07, 6.45) is 0. The molecule has 2 aromatic carbocycles. The molecule has 140 valence electrons. The molecule has 0 bridgehead atoms. The highest BCUT2D eigenvalue weighted by molar-refractivity contribution is 7.87. The van der Waals surface area contributed by atoms with Crippen LogP contribution in [0.1, 0.15) is 5.56 Å².